The average molecular weight is 252 g/mol. The van der Waals surface area contributed by atoms with Crippen LogP contribution in [0.4, 0.5) is 4.79 Å². The molecule has 2 amide bonds. The van der Waals surface area contributed by atoms with Gasteiger partial charge in [-0.25, -0.2) is 4.79 Å². The van der Waals surface area contributed by atoms with E-state index in [0.717, 1.165) is 0 Å². The SMILES string of the molecule is C=CCN(CC(=O)O)C(=O)NC(C1CC1)C1CC1. The fourth-order valence-corrected chi connectivity index (χ4v) is 2.30. The van der Waals surface area contributed by atoms with E-state index in [-0.39, 0.29) is 25.2 Å². The summed E-state index contributed by atoms with van der Waals surface area (Å²) < 4.78 is 0. The fourth-order valence-electron chi connectivity index (χ4n) is 2.30. The number of carboxylic acids is 1. The van der Waals surface area contributed by atoms with Gasteiger partial charge < -0.3 is 15.3 Å². The number of rotatable bonds is 7. The Bertz CT molecular complexity index is 336. The van der Waals surface area contributed by atoms with Crippen LogP contribution in [0.5, 0.6) is 0 Å². The summed E-state index contributed by atoms with van der Waals surface area (Å²) in [7, 11) is 0. The van der Waals surface area contributed by atoms with Gasteiger partial charge in [-0.15, -0.1) is 6.58 Å². The quantitative estimate of drug-likeness (QED) is 0.674. The van der Waals surface area contributed by atoms with E-state index in [9.17, 15) is 9.59 Å². The molecule has 18 heavy (non-hydrogen) atoms. The molecule has 0 heterocycles. The standard InChI is InChI=1S/C13H20N2O3/c1-2-7-15(8-11(16)17)13(18)14-12(9-3-4-9)10-5-6-10/h2,9-10,12H,1,3-8H2,(H,14,18)(H,16,17). The van der Waals surface area contributed by atoms with Gasteiger partial charge in [0.2, 0.25) is 0 Å². The zero-order valence-corrected chi connectivity index (χ0v) is 10.5. The van der Waals surface area contributed by atoms with Crippen LogP contribution in [-0.2, 0) is 4.79 Å². The van der Waals surface area contributed by atoms with Crippen molar-refractivity contribution in [1.82, 2.24) is 10.2 Å². The molecule has 100 valence electrons. The van der Waals surface area contributed by atoms with Crippen molar-refractivity contribution in [3.05, 3.63) is 12.7 Å². The molecule has 0 atom stereocenters. The average Bonchev–Trinajstić information content (AvgIpc) is 3.16. The van der Waals surface area contributed by atoms with Gasteiger partial charge in [0.25, 0.3) is 0 Å². The minimum absolute atomic E-state index is 0.249. The topological polar surface area (TPSA) is 69.6 Å². The lowest BCUT2D eigenvalue weighted by Gasteiger charge is -2.24. The molecule has 2 aliphatic carbocycles. The highest BCUT2D eigenvalue weighted by atomic mass is 16.4. The van der Waals surface area contributed by atoms with Crippen molar-refractivity contribution in [2.45, 2.75) is 31.7 Å². The van der Waals surface area contributed by atoms with Gasteiger partial charge in [0, 0.05) is 12.6 Å². The second-order valence-electron chi connectivity index (χ2n) is 5.21. The van der Waals surface area contributed by atoms with Gasteiger partial charge >= 0.3 is 12.0 Å². The van der Waals surface area contributed by atoms with E-state index in [0.29, 0.717) is 11.8 Å². The first-order valence-electron chi connectivity index (χ1n) is 6.50. The van der Waals surface area contributed by atoms with Crippen LogP contribution in [0.15, 0.2) is 12.7 Å². The van der Waals surface area contributed by atoms with Gasteiger partial charge in [-0.1, -0.05) is 6.08 Å². The minimum atomic E-state index is -0.999. The van der Waals surface area contributed by atoms with Crippen LogP contribution in [-0.4, -0.2) is 41.1 Å². The molecular weight excluding hydrogens is 232 g/mol. The number of aliphatic carboxylic acids is 1. The van der Waals surface area contributed by atoms with E-state index < -0.39 is 5.97 Å². The van der Waals surface area contributed by atoms with E-state index in [1.807, 2.05) is 0 Å². The van der Waals surface area contributed by atoms with Crippen molar-refractivity contribution >= 4 is 12.0 Å². The lowest BCUT2D eigenvalue weighted by molar-refractivity contribution is -0.137. The Morgan fingerprint density at radius 1 is 1.33 bits per heavy atom. The van der Waals surface area contributed by atoms with Crippen LogP contribution in [0.25, 0.3) is 0 Å². The maximum absolute atomic E-state index is 12.0. The molecule has 5 heteroatoms. The predicted molar refractivity (Wildman–Crippen MR) is 67.2 cm³/mol. The summed E-state index contributed by atoms with van der Waals surface area (Å²) >= 11 is 0. The highest BCUT2D eigenvalue weighted by molar-refractivity contribution is 5.80. The van der Waals surface area contributed by atoms with Crippen molar-refractivity contribution in [3.8, 4) is 0 Å². The number of nitrogens with zero attached hydrogens (tertiary/aromatic N) is 1. The molecule has 0 aromatic heterocycles. The molecule has 0 aliphatic heterocycles. The second kappa shape index (κ2) is 5.42. The number of urea groups is 1. The number of hydrogen-bond donors (Lipinski definition) is 2. The van der Waals surface area contributed by atoms with Crippen LogP contribution in [0.2, 0.25) is 0 Å². The monoisotopic (exact) mass is 252 g/mol. The molecule has 2 N–H and O–H groups in total. The highest BCUT2D eigenvalue weighted by Crippen LogP contribution is 2.44. The molecule has 2 saturated carbocycles. The highest BCUT2D eigenvalue weighted by Gasteiger charge is 2.42. The molecule has 0 spiro atoms. The molecule has 0 aromatic carbocycles. The van der Waals surface area contributed by atoms with Crippen LogP contribution in [0.1, 0.15) is 25.7 Å². The van der Waals surface area contributed by atoms with Gasteiger partial charge in [-0.2, -0.15) is 0 Å². The molecule has 5 nitrogen and oxygen atoms in total. The Morgan fingerprint density at radius 2 is 1.89 bits per heavy atom. The Balaban J connectivity index is 1.89. The van der Waals surface area contributed by atoms with Crippen molar-refractivity contribution in [1.29, 1.82) is 0 Å². The summed E-state index contributed by atoms with van der Waals surface area (Å²) in [6, 6.07) is -0.0280. The number of carbonyl (C=O) groups is 2. The molecule has 0 saturated heterocycles. The molecule has 2 fully saturated rings. The molecule has 0 aromatic rings. The third-order valence-electron chi connectivity index (χ3n) is 3.51. The zero-order chi connectivity index (χ0) is 13.1. The summed E-state index contributed by atoms with van der Waals surface area (Å²) in [5, 5.41) is 11.8. The van der Waals surface area contributed by atoms with Crippen LogP contribution in [0, 0.1) is 11.8 Å². The predicted octanol–water partition coefficient (Wildman–Crippen LogP) is 1.46. The summed E-state index contributed by atoms with van der Waals surface area (Å²) in [6.45, 7) is 3.54. The Labute approximate surface area is 107 Å². The van der Waals surface area contributed by atoms with Gasteiger partial charge in [0.05, 0.1) is 0 Å². The molecule has 0 bridgehead atoms. The summed E-state index contributed by atoms with van der Waals surface area (Å²) in [6.07, 6.45) is 6.28. The molecular formula is C13H20N2O3. The number of nitrogens with one attached hydrogen (secondary N) is 1. The summed E-state index contributed by atoms with van der Waals surface area (Å²) in [5.74, 6) is 0.218. The molecule has 0 unspecified atom stereocenters. The first kappa shape index (κ1) is 12.9. The van der Waals surface area contributed by atoms with E-state index in [4.69, 9.17) is 5.11 Å². The van der Waals surface area contributed by atoms with Gasteiger partial charge in [-0.3, -0.25) is 4.79 Å². The van der Waals surface area contributed by atoms with Gasteiger partial charge in [0.1, 0.15) is 6.54 Å². The maximum atomic E-state index is 12.0. The maximum Gasteiger partial charge on any atom is 0.323 e. The largest absolute Gasteiger partial charge is 0.480 e. The molecule has 0 radical (unpaired) electrons. The van der Waals surface area contributed by atoms with Crippen LogP contribution < -0.4 is 5.32 Å². The van der Waals surface area contributed by atoms with E-state index >= 15 is 0 Å². The number of hydrogen-bond acceptors (Lipinski definition) is 2. The first-order valence-corrected chi connectivity index (χ1v) is 6.50. The Morgan fingerprint density at radius 3 is 2.28 bits per heavy atom. The lowest BCUT2D eigenvalue weighted by atomic mass is 10.1. The van der Waals surface area contributed by atoms with Crippen LogP contribution in [0.3, 0.4) is 0 Å². The molecule has 2 aliphatic rings. The lowest BCUT2D eigenvalue weighted by Crippen LogP contribution is -2.48. The second-order valence-corrected chi connectivity index (χ2v) is 5.21. The zero-order valence-electron chi connectivity index (χ0n) is 10.5. The third kappa shape index (κ3) is 3.48. The number of carbonyl (C=O) groups excluding carboxylic acids is 1. The Hall–Kier alpha value is -1.52. The van der Waals surface area contributed by atoms with Crippen molar-refractivity contribution in [3.63, 3.8) is 0 Å². The van der Waals surface area contributed by atoms with Crippen molar-refractivity contribution in [2.24, 2.45) is 11.8 Å². The summed E-state index contributed by atoms with van der Waals surface area (Å²) in [5.41, 5.74) is 0. The van der Waals surface area contributed by atoms with Gasteiger partial charge in [-0.05, 0) is 37.5 Å². The van der Waals surface area contributed by atoms with E-state index in [2.05, 4.69) is 11.9 Å². The van der Waals surface area contributed by atoms with Crippen molar-refractivity contribution < 1.29 is 14.7 Å². The minimum Gasteiger partial charge on any atom is -0.480 e. The normalized spacial score (nSPS) is 18.5. The number of amides is 2. The molecule has 2 rings (SSSR count). The smallest absolute Gasteiger partial charge is 0.323 e. The van der Waals surface area contributed by atoms with E-state index in [1.165, 1.54) is 30.6 Å². The van der Waals surface area contributed by atoms with Gasteiger partial charge in [0.15, 0.2) is 0 Å². The van der Waals surface area contributed by atoms with E-state index in [1.54, 1.807) is 6.08 Å². The Kier molecular flexibility index (Phi) is 3.89. The third-order valence-corrected chi connectivity index (χ3v) is 3.51. The van der Waals surface area contributed by atoms with Crippen LogP contribution >= 0.6 is 0 Å². The fraction of sp³-hybridized carbons (Fsp3) is 0.692. The number of carboxylic acid groups (broad SMARTS) is 1. The summed E-state index contributed by atoms with van der Waals surface area (Å²) in [4.78, 5) is 24.0. The van der Waals surface area contributed by atoms with Crippen molar-refractivity contribution in [2.75, 3.05) is 13.1 Å². The first-order chi connectivity index (χ1) is 8.61.